The molecular weight excluding hydrogens is 314 g/mol. The van der Waals surface area contributed by atoms with Gasteiger partial charge in [-0.15, -0.1) is 0 Å². The first kappa shape index (κ1) is 13.4. The maximum atomic E-state index is 5.91. The molecule has 2 aromatic rings. The van der Waals surface area contributed by atoms with Crippen molar-refractivity contribution in [2.75, 3.05) is 6.54 Å². The minimum absolute atomic E-state index is 0.640. The molecule has 0 radical (unpaired) electrons. The highest BCUT2D eigenvalue weighted by atomic mass is 79.9. The highest BCUT2D eigenvalue weighted by molar-refractivity contribution is 9.10. The number of hydrogen-bond acceptors (Lipinski definition) is 2. The molecule has 2 rings (SSSR count). The molecule has 0 atom stereocenters. The SMILES string of the molecule is NCCc1ccc(Oc2cccc(Cl)c2)c(Br)c1. The molecule has 0 bridgehead atoms. The first-order valence-electron chi connectivity index (χ1n) is 5.61. The van der Waals surface area contributed by atoms with Crippen molar-refractivity contribution in [3.05, 3.63) is 57.5 Å². The Kier molecular flexibility index (Phi) is 4.64. The van der Waals surface area contributed by atoms with Crippen LogP contribution in [-0.2, 0) is 6.42 Å². The zero-order valence-corrected chi connectivity index (χ0v) is 12.0. The van der Waals surface area contributed by atoms with Gasteiger partial charge >= 0.3 is 0 Å². The molecule has 0 aliphatic heterocycles. The van der Waals surface area contributed by atoms with E-state index >= 15 is 0 Å². The van der Waals surface area contributed by atoms with E-state index in [9.17, 15) is 0 Å². The smallest absolute Gasteiger partial charge is 0.141 e. The fourth-order valence-electron chi connectivity index (χ4n) is 1.61. The molecule has 0 spiro atoms. The molecule has 0 aliphatic rings. The second kappa shape index (κ2) is 6.23. The van der Waals surface area contributed by atoms with Crippen LogP contribution in [-0.4, -0.2) is 6.54 Å². The van der Waals surface area contributed by atoms with Gasteiger partial charge in [-0.3, -0.25) is 0 Å². The van der Waals surface area contributed by atoms with Crippen LogP contribution in [0.1, 0.15) is 5.56 Å². The third-order valence-electron chi connectivity index (χ3n) is 2.45. The summed E-state index contributed by atoms with van der Waals surface area (Å²) in [6.07, 6.45) is 0.857. The van der Waals surface area contributed by atoms with Crippen molar-refractivity contribution in [3.63, 3.8) is 0 Å². The second-order valence-electron chi connectivity index (χ2n) is 3.86. The van der Waals surface area contributed by atoms with Crippen LogP contribution in [0.3, 0.4) is 0 Å². The molecule has 0 aromatic heterocycles. The lowest BCUT2D eigenvalue weighted by molar-refractivity contribution is 0.479. The van der Waals surface area contributed by atoms with Crippen LogP contribution in [0, 0.1) is 0 Å². The van der Waals surface area contributed by atoms with E-state index in [0.29, 0.717) is 11.6 Å². The molecule has 0 unspecified atom stereocenters. The third kappa shape index (κ3) is 3.48. The molecule has 4 heteroatoms. The Hall–Kier alpha value is -1.03. The number of benzene rings is 2. The zero-order chi connectivity index (χ0) is 13.0. The highest BCUT2D eigenvalue weighted by Crippen LogP contribution is 2.31. The average molecular weight is 327 g/mol. The quantitative estimate of drug-likeness (QED) is 0.904. The molecule has 0 saturated heterocycles. The fourth-order valence-corrected chi connectivity index (χ4v) is 2.29. The zero-order valence-electron chi connectivity index (χ0n) is 9.70. The second-order valence-corrected chi connectivity index (χ2v) is 5.15. The van der Waals surface area contributed by atoms with Gasteiger partial charge in [-0.05, 0) is 64.8 Å². The van der Waals surface area contributed by atoms with Gasteiger partial charge in [0.05, 0.1) is 4.47 Å². The summed E-state index contributed by atoms with van der Waals surface area (Å²) in [7, 11) is 0. The van der Waals surface area contributed by atoms with E-state index in [1.54, 1.807) is 6.07 Å². The summed E-state index contributed by atoms with van der Waals surface area (Å²) in [5.41, 5.74) is 6.71. The molecule has 2 aromatic carbocycles. The fraction of sp³-hybridized carbons (Fsp3) is 0.143. The van der Waals surface area contributed by atoms with Gasteiger partial charge in [-0.1, -0.05) is 23.7 Å². The Morgan fingerprint density at radius 3 is 2.67 bits per heavy atom. The average Bonchev–Trinajstić information content (AvgIpc) is 2.33. The van der Waals surface area contributed by atoms with Crippen LogP contribution >= 0.6 is 27.5 Å². The molecule has 2 nitrogen and oxygen atoms in total. The van der Waals surface area contributed by atoms with Crippen LogP contribution in [0.25, 0.3) is 0 Å². The standard InChI is InChI=1S/C14H13BrClNO/c15-13-8-10(6-7-17)4-5-14(13)18-12-3-1-2-11(16)9-12/h1-5,8-9H,6-7,17H2. The first-order chi connectivity index (χ1) is 8.69. The van der Waals surface area contributed by atoms with E-state index in [-0.39, 0.29) is 0 Å². The Morgan fingerprint density at radius 2 is 2.00 bits per heavy atom. The van der Waals surface area contributed by atoms with Crippen LogP contribution in [0.5, 0.6) is 11.5 Å². The van der Waals surface area contributed by atoms with Crippen LogP contribution < -0.4 is 10.5 Å². The van der Waals surface area contributed by atoms with E-state index < -0.39 is 0 Å². The molecule has 0 amide bonds. The Morgan fingerprint density at radius 1 is 1.17 bits per heavy atom. The predicted octanol–water partition coefficient (Wildman–Crippen LogP) is 4.40. The van der Waals surface area contributed by atoms with Crippen molar-refractivity contribution in [2.45, 2.75) is 6.42 Å². The number of ether oxygens (including phenoxy) is 1. The molecular formula is C14H13BrClNO. The molecule has 94 valence electrons. The number of halogens is 2. The number of nitrogens with two attached hydrogens (primary N) is 1. The van der Waals surface area contributed by atoms with Crippen molar-refractivity contribution < 1.29 is 4.74 Å². The predicted molar refractivity (Wildman–Crippen MR) is 78.4 cm³/mol. The molecule has 18 heavy (non-hydrogen) atoms. The van der Waals surface area contributed by atoms with Crippen LogP contribution in [0.4, 0.5) is 0 Å². The van der Waals surface area contributed by atoms with E-state index in [1.165, 1.54) is 5.56 Å². The largest absolute Gasteiger partial charge is 0.456 e. The summed E-state index contributed by atoms with van der Waals surface area (Å²) in [6.45, 7) is 0.640. The summed E-state index contributed by atoms with van der Waals surface area (Å²) in [5, 5.41) is 0.656. The topological polar surface area (TPSA) is 35.2 Å². The van der Waals surface area contributed by atoms with E-state index in [1.807, 2.05) is 36.4 Å². The van der Waals surface area contributed by atoms with Gasteiger partial charge in [0.1, 0.15) is 11.5 Å². The normalized spacial score (nSPS) is 10.4. The summed E-state index contributed by atoms with van der Waals surface area (Å²) < 4.78 is 6.67. The number of rotatable bonds is 4. The third-order valence-corrected chi connectivity index (χ3v) is 3.31. The Balaban J connectivity index is 2.19. The molecule has 0 aliphatic carbocycles. The van der Waals surface area contributed by atoms with Gasteiger partial charge in [-0.2, -0.15) is 0 Å². The van der Waals surface area contributed by atoms with Gasteiger partial charge < -0.3 is 10.5 Å². The summed E-state index contributed by atoms with van der Waals surface area (Å²) >= 11 is 9.41. The van der Waals surface area contributed by atoms with Gasteiger partial charge in [-0.25, -0.2) is 0 Å². The summed E-state index contributed by atoms with van der Waals surface area (Å²) in [6, 6.07) is 13.3. The Labute approximate surface area is 120 Å². The minimum atomic E-state index is 0.640. The molecule has 0 saturated carbocycles. The summed E-state index contributed by atoms with van der Waals surface area (Å²) in [4.78, 5) is 0. The monoisotopic (exact) mass is 325 g/mol. The molecule has 2 N–H and O–H groups in total. The van der Waals surface area contributed by atoms with Crippen molar-refractivity contribution in [2.24, 2.45) is 5.73 Å². The molecule has 0 heterocycles. The van der Waals surface area contributed by atoms with Crippen LogP contribution in [0.15, 0.2) is 46.9 Å². The van der Waals surface area contributed by atoms with Crippen LogP contribution in [0.2, 0.25) is 5.02 Å². The van der Waals surface area contributed by atoms with E-state index in [4.69, 9.17) is 22.1 Å². The maximum absolute atomic E-state index is 5.91. The van der Waals surface area contributed by atoms with E-state index in [2.05, 4.69) is 15.9 Å². The number of hydrogen-bond donors (Lipinski definition) is 1. The Bertz CT molecular complexity index is 545. The minimum Gasteiger partial charge on any atom is -0.456 e. The maximum Gasteiger partial charge on any atom is 0.141 e. The highest BCUT2D eigenvalue weighted by Gasteiger charge is 2.04. The van der Waals surface area contributed by atoms with Crippen molar-refractivity contribution >= 4 is 27.5 Å². The molecule has 0 fully saturated rings. The summed E-state index contributed by atoms with van der Waals surface area (Å²) in [5.74, 6) is 1.48. The van der Waals surface area contributed by atoms with Gasteiger partial charge in [0.2, 0.25) is 0 Å². The van der Waals surface area contributed by atoms with Crippen molar-refractivity contribution in [1.82, 2.24) is 0 Å². The lowest BCUT2D eigenvalue weighted by atomic mass is 10.1. The lowest BCUT2D eigenvalue weighted by Gasteiger charge is -2.09. The van der Waals surface area contributed by atoms with Gasteiger partial charge in [0.25, 0.3) is 0 Å². The van der Waals surface area contributed by atoms with E-state index in [0.717, 1.165) is 22.4 Å². The van der Waals surface area contributed by atoms with Gasteiger partial charge in [0, 0.05) is 5.02 Å². The van der Waals surface area contributed by atoms with Gasteiger partial charge in [0.15, 0.2) is 0 Å². The van der Waals surface area contributed by atoms with Crippen molar-refractivity contribution in [3.8, 4) is 11.5 Å². The van der Waals surface area contributed by atoms with Crippen molar-refractivity contribution in [1.29, 1.82) is 0 Å². The first-order valence-corrected chi connectivity index (χ1v) is 6.78. The lowest BCUT2D eigenvalue weighted by Crippen LogP contribution is -2.02.